The fourth-order valence-corrected chi connectivity index (χ4v) is 3.07. The first-order valence-electron chi connectivity index (χ1n) is 8.59. The maximum Gasteiger partial charge on any atom is 0.272 e. The van der Waals surface area contributed by atoms with Crippen LogP contribution >= 0.6 is 0 Å². The Kier molecular flexibility index (Phi) is 5.08. The van der Waals surface area contributed by atoms with E-state index in [2.05, 4.69) is 41.3 Å². The number of hydrogen-bond acceptors (Lipinski definition) is 4. The summed E-state index contributed by atoms with van der Waals surface area (Å²) in [5.74, 6) is 0.651. The van der Waals surface area contributed by atoms with Crippen LogP contribution in [0.15, 0.2) is 30.6 Å². The maximum atomic E-state index is 12.7. The number of hydrogen-bond donors (Lipinski definition) is 1. The van der Waals surface area contributed by atoms with Crippen molar-refractivity contribution in [3.05, 3.63) is 47.4 Å². The lowest BCUT2D eigenvalue weighted by Gasteiger charge is -2.20. The van der Waals surface area contributed by atoms with E-state index in [0.717, 1.165) is 37.2 Å². The Hall–Kier alpha value is -2.43. The van der Waals surface area contributed by atoms with Crippen molar-refractivity contribution in [2.75, 3.05) is 18.4 Å². The molecule has 2 aromatic rings. The van der Waals surface area contributed by atoms with Gasteiger partial charge in [-0.2, -0.15) is 0 Å². The monoisotopic (exact) mass is 324 g/mol. The van der Waals surface area contributed by atoms with Gasteiger partial charge >= 0.3 is 0 Å². The van der Waals surface area contributed by atoms with Crippen molar-refractivity contribution in [3.8, 4) is 0 Å². The number of anilines is 2. The Labute approximate surface area is 143 Å². The minimum absolute atomic E-state index is 0.00276. The van der Waals surface area contributed by atoms with Crippen molar-refractivity contribution in [1.29, 1.82) is 0 Å². The van der Waals surface area contributed by atoms with E-state index < -0.39 is 0 Å². The van der Waals surface area contributed by atoms with Crippen LogP contribution in [-0.2, 0) is 0 Å². The predicted octanol–water partition coefficient (Wildman–Crippen LogP) is 3.85. The summed E-state index contributed by atoms with van der Waals surface area (Å²) >= 11 is 0. The fourth-order valence-electron chi connectivity index (χ4n) is 3.07. The molecular formula is C19H24N4O. The quantitative estimate of drug-likeness (QED) is 0.931. The Morgan fingerprint density at radius 2 is 1.79 bits per heavy atom. The van der Waals surface area contributed by atoms with E-state index in [1.807, 2.05) is 11.0 Å². The molecule has 0 radical (unpaired) electrons. The van der Waals surface area contributed by atoms with E-state index >= 15 is 0 Å². The van der Waals surface area contributed by atoms with Crippen LogP contribution in [0.1, 0.15) is 47.3 Å². The first-order chi connectivity index (χ1) is 11.6. The zero-order valence-electron chi connectivity index (χ0n) is 14.4. The number of benzene rings is 1. The summed E-state index contributed by atoms with van der Waals surface area (Å²) in [4.78, 5) is 23.0. The second kappa shape index (κ2) is 7.43. The zero-order chi connectivity index (χ0) is 16.9. The first kappa shape index (κ1) is 16.4. The molecule has 1 aromatic heterocycles. The summed E-state index contributed by atoms with van der Waals surface area (Å²) in [6.07, 6.45) is 6.01. The molecule has 0 unspecified atom stereocenters. The number of nitrogens with zero attached hydrogens (tertiary/aromatic N) is 3. The smallest absolute Gasteiger partial charge is 0.272 e. The van der Waals surface area contributed by atoms with Crippen LogP contribution in [0.5, 0.6) is 0 Å². The summed E-state index contributed by atoms with van der Waals surface area (Å²) < 4.78 is 0. The van der Waals surface area contributed by atoms with Crippen molar-refractivity contribution in [2.24, 2.45) is 0 Å². The molecule has 1 amide bonds. The van der Waals surface area contributed by atoms with E-state index in [-0.39, 0.29) is 5.91 Å². The summed E-state index contributed by atoms with van der Waals surface area (Å²) in [6, 6.07) is 7.95. The summed E-state index contributed by atoms with van der Waals surface area (Å²) in [5.41, 5.74) is 3.82. The average Bonchev–Trinajstić information content (AvgIpc) is 2.86. The van der Waals surface area contributed by atoms with Crippen molar-refractivity contribution in [2.45, 2.75) is 39.5 Å². The minimum atomic E-state index is 0.00276. The highest BCUT2D eigenvalue weighted by atomic mass is 16.2. The number of rotatable bonds is 3. The van der Waals surface area contributed by atoms with Gasteiger partial charge in [0.05, 0.1) is 0 Å². The molecular weight excluding hydrogens is 300 g/mol. The van der Waals surface area contributed by atoms with Gasteiger partial charge in [0.1, 0.15) is 17.8 Å². The molecule has 0 spiro atoms. The van der Waals surface area contributed by atoms with Crippen LogP contribution in [0.4, 0.5) is 11.5 Å². The molecule has 24 heavy (non-hydrogen) atoms. The second-order valence-electron chi connectivity index (χ2n) is 6.44. The average molecular weight is 324 g/mol. The molecule has 126 valence electrons. The van der Waals surface area contributed by atoms with Gasteiger partial charge in [-0.05, 0) is 38.3 Å². The number of amides is 1. The number of aryl methyl sites for hydroxylation is 2. The van der Waals surface area contributed by atoms with Gasteiger partial charge in [-0.25, -0.2) is 9.97 Å². The van der Waals surface area contributed by atoms with E-state index in [1.165, 1.54) is 24.7 Å². The third kappa shape index (κ3) is 3.91. The molecule has 0 bridgehead atoms. The zero-order valence-corrected chi connectivity index (χ0v) is 14.4. The van der Waals surface area contributed by atoms with Crippen LogP contribution in [-0.4, -0.2) is 33.9 Å². The molecule has 1 aromatic carbocycles. The molecule has 0 atom stereocenters. The molecule has 0 aliphatic carbocycles. The predicted molar refractivity (Wildman–Crippen MR) is 95.6 cm³/mol. The lowest BCUT2D eigenvalue weighted by molar-refractivity contribution is 0.0755. The number of aromatic nitrogens is 2. The van der Waals surface area contributed by atoms with Crippen LogP contribution in [0, 0.1) is 13.8 Å². The largest absolute Gasteiger partial charge is 0.340 e. The summed E-state index contributed by atoms with van der Waals surface area (Å²) in [6.45, 7) is 5.77. The third-order valence-corrected chi connectivity index (χ3v) is 4.42. The molecule has 1 aliphatic heterocycles. The SMILES string of the molecule is Cc1ccc(Nc2cc(C(=O)N3CCCCCC3)ncn2)c(C)c1. The normalized spacial score (nSPS) is 15.0. The van der Waals surface area contributed by atoms with Crippen LogP contribution < -0.4 is 5.32 Å². The van der Waals surface area contributed by atoms with Gasteiger partial charge in [-0.15, -0.1) is 0 Å². The van der Waals surface area contributed by atoms with Crippen molar-refractivity contribution in [1.82, 2.24) is 14.9 Å². The van der Waals surface area contributed by atoms with Gasteiger partial charge in [-0.3, -0.25) is 4.79 Å². The minimum Gasteiger partial charge on any atom is -0.340 e. The molecule has 1 fully saturated rings. The van der Waals surface area contributed by atoms with Gasteiger partial charge in [-0.1, -0.05) is 30.5 Å². The molecule has 1 aliphatic rings. The standard InChI is InChI=1S/C19H24N4O/c1-14-7-8-16(15(2)11-14)22-18-12-17(20-13-21-18)19(24)23-9-5-3-4-6-10-23/h7-8,11-13H,3-6,9-10H2,1-2H3,(H,20,21,22). The summed E-state index contributed by atoms with van der Waals surface area (Å²) in [7, 11) is 0. The number of nitrogens with one attached hydrogen (secondary N) is 1. The van der Waals surface area contributed by atoms with Gasteiger partial charge < -0.3 is 10.2 Å². The summed E-state index contributed by atoms with van der Waals surface area (Å²) in [5, 5.41) is 3.29. The number of carbonyl (C=O) groups excluding carboxylic acids is 1. The highest BCUT2D eigenvalue weighted by Gasteiger charge is 2.19. The number of likely N-dealkylation sites (tertiary alicyclic amines) is 1. The van der Waals surface area contributed by atoms with E-state index in [1.54, 1.807) is 6.07 Å². The van der Waals surface area contributed by atoms with Crippen molar-refractivity contribution >= 4 is 17.4 Å². The first-order valence-corrected chi connectivity index (χ1v) is 8.59. The Morgan fingerprint density at radius 3 is 2.50 bits per heavy atom. The van der Waals surface area contributed by atoms with Crippen molar-refractivity contribution < 1.29 is 4.79 Å². The lowest BCUT2D eigenvalue weighted by atomic mass is 10.1. The highest BCUT2D eigenvalue weighted by molar-refractivity contribution is 5.93. The fraction of sp³-hybridized carbons (Fsp3) is 0.421. The molecule has 5 heteroatoms. The van der Waals surface area contributed by atoms with Crippen LogP contribution in [0.25, 0.3) is 0 Å². The molecule has 3 rings (SSSR count). The van der Waals surface area contributed by atoms with Crippen LogP contribution in [0.2, 0.25) is 0 Å². The van der Waals surface area contributed by atoms with Gasteiger partial charge in [0, 0.05) is 24.8 Å². The molecule has 0 saturated carbocycles. The highest BCUT2D eigenvalue weighted by Crippen LogP contribution is 2.21. The van der Waals surface area contributed by atoms with E-state index in [0.29, 0.717) is 11.5 Å². The van der Waals surface area contributed by atoms with E-state index in [9.17, 15) is 4.79 Å². The van der Waals surface area contributed by atoms with Gasteiger partial charge in [0.15, 0.2) is 0 Å². The topological polar surface area (TPSA) is 58.1 Å². The van der Waals surface area contributed by atoms with Crippen molar-refractivity contribution in [3.63, 3.8) is 0 Å². The molecule has 1 saturated heterocycles. The molecule has 2 heterocycles. The second-order valence-corrected chi connectivity index (χ2v) is 6.44. The Balaban J connectivity index is 1.77. The van der Waals surface area contributed by atoms with Gasteiger partial charge in [0.2, 0.25) is 0 Å². The molecule has 5 nitrogen and oxygen atoms in total. The Morgan fingerprint density at radius 1 is 1.04 bits per heavy atom. The lowest BCUT2D eigenvalue weighted by Crippen LogP contribution is -2.32. The number of carbonyl (C=O) groups is 1. The Bertz CT molecular complexity index is 721. The maximum absolute atomic E-state index is 12.7. The third-order valence-electron chi connectivity index (χ3n) is 4.42. The van der Waals surface area contributed by atoms with E-state index in [4.69, 9.17) is 0 Å². The van der Waals surface area contributed by atoms with Gasteiger partial charge in [0.25, 0.3) is 5.91 Å². The molecule has 1 N–H and O–H groups in total. The van der Waals surface area contributed by atoms with Crippen LogP contribution in [0.3, 0.4) is 0 Å².